The van der Waals surface area contributed by atoms with Crippen molar-refractivity contribution in [3.63, 3.8) is 0 Å². The van der Waals surface area contributed by atoms with Crippen LogP contribution in [-0.4, -0.2) is 43.7 Å². The summed E-state index contributed by atoms with van der Waals surface area (Å²) in [5, 5.41) is 6.13. The van der Waals surface area contributed by atoms with E-state index in [2.05, 4.69) is 17.6 Å². The number of carbonyl (C=O) groups excluding carboxylic acids is 1. The van der Waals surface area contributed by atoms with Crippen LogP contribution in [0.4, 0.5) is 4.79 Å². The molecule has 1 rings (SSSR count). The molecule has 0 spiro atoms. The van der Waals surface area contributed by atoms with Gasteiger partial charge >= 0.3 is 6.03 Å². The molecule has 0 aliphatic carbocycles. The minimum absolute atomic E-state index is 0.127. The van der Waals surface area contributed by atoms with E-state index in [-0.39, 0.29) is 6.03 Å². The highest BCUT2D eigenvalue weighted by molar-refractivity contribution is 5.74. The second kappa shape index (κ2) is 7.49. The summed E-state index contributed by atoms with van der Waals surface area (Å²) in [6.45, 7) is 4.77. The fourth-order valence-corrected chi connectivity index (χ4v) is 2.21. The predicted molar refractivity (Wildman–Crippen MR) is 66.6 cm³/mol. The molecule has 1 fully saturated rings. The largest absolute Gasteiger partial charge is 0.338 e. The Balaban J connectivity index is 2.42. The van der Waals surface area contributed by atoms with E-state index in [4.69, 9.17) is 0 Å². The van der Waals surface area contributed by atoms with Gasteiger partial charge in [0, 0.05) is 19.1 Å². The Bertz CT molecular complexity index is 208. The maximum Gasteiger partial charge on any atom is 0.317 e. The lowest BCUT2D eigenvalue weighted by molar-refractivity contribution is 0.146. The third kappa shape index (κ3) is 4.00. The van der Waals surface area contributed by atoms with Gasteiger partial charge in [-0.05, 0) is 45.7 Å². The van der Waals surface area contributed by atoms with Crippen molar-refractivity contribution >= 4 is 6.03 Å². The van der Waals surface area contributed by atoms with Crippen molar-refractivity contribution in [1.82, 2.24) is 15.5 Å². The lowest BCUT2D eigenvalue weighted by atomic mass is 10.00. The van der Waals surface area contributed by atoms with E-state index in [1.807, 2.05) is 11.9 Å². The molecule has 1 unspecified atom stereocenters. The summed E-state index contributed by atoms with van der Waals surface area (Å²) in [5.41, 5.74) is 0. The predicted octanol–water partition coefficient (Wildman–Crippen LogP) is 1.57. The highest BCUT2D eigenvalue weighted by Crippen LogP contribution is 2.19. The van der Waals surface area contributed by atoms with E-state index < -0.39 is 0 Å². The number of likely N-dealkylation sites (tertiary alicyclic amines) is 1. The molecule has 0 radical (unpaired) electrons. The number of urea groups is 1. The van der Waals surface area contributed by atoms with Crippen LogP contribution in [0.15, 0.2) is 0 Å². The van der Waals surface area contributed by atoms with Gasteiger partial charge in [-0.25, -0.2) is 4.79 Å². The van der Waals surface area contributed by atoms with E-state index in [0.29, 0.717) is 6.04 Å². The summed E-state index contributed by atoms with van der Waals surface area (Å²) in [4.78, 5) is 13.9. The van der Waals surface area contributed by atoms with Gasteiger partial charge in [0.15, 0.2) is 0 Å². The number of hydrogen-bond acceptors (Lipinski definition) is 2. The fraction of sp³-hybridized carbons (Fsp3) is 0.917. The summed E-state index contributed by atoms with van der Waals surface area (Å²) >= 11 is 0. The van der Waals surface area contributed by atoms with E-state index in [1.54, 1.807) is 0 Å². The van der Waals surface area contributed by atoms with Gasteiger partial charge in [-0.2, -0.15) is 0 Å². The monoisotopic (exact) mass is 227 g/mol. The van der Waals surface area contributed by atoms with Crippen LogP contribution in [0.1, 0.15) is 39.0 Å². The van der Waals surface area contributed by atoms with Gasteiger partial charge in [-0.15, -0.1) is 0 Å². The quantitative estimate of drug-likeness (QED) is 0.749. The summed E-state index contributed by atoms with van der Waals surface area (Å²) in [6, 6.07) is 0.556. The summed E-state index contributed by atoms with van der Waals surface area (Å²) < 4.78 is 0. The first kappa shape index (κ1) is 13.3. The molecule has 2 N–H and O–H groups in total. The second-order valence-electron chi connectivity index (χ2n) is 4.47. The molecule has 94 valence electrons. The Morgan fingerprint density at radius 1 is 1.38 bits per heavy atom. The fourth-order valence-electron chi connectivity index (χ4n) is 2.21. The topological polar surface area (TPSA) is 44.4 Å². The van der Waals surface area contributed by atoms with Crippen LogP contribution in [0.5, 0.6) is 0 Å². The maximum absolute atomic E-state index is 11.9. The van der Waals surface area contributed by atoms with Crippen LogP contribution < -0.4 is 10.6 Å². The van der Waals surface area contributed by atoms with Gasteiger partial charge in [0.2, 0.25) is 0 Å². The van der Waals surface area contributed by atoms with Gasteiger partial charge in [0.1, 0.15) is 0 Å². The molecule has 0 aromatic rings. The van der Waals surface area contributed by atoms with Gasteiger partial charge in [0.05, 0.1) is 0 Å². The van der Waals surface area contributed by atoms with Gasteiger partial charge in [0.25, 0.3) is 0 Å². The van der Waals surface area contributed by atoms with E-state index in [9.17, 15) is 4.79 Å². The van der Waals surface area contributed by atoms with Crippen LogP contribution >= 0.6 is 0 Å². The van der Waals surface area contributed by atoms with E-state index in [1.165, 1.54) is 6.42 Å². The molecule has 0 saturated carbocycles. The second-order valence-corrected chi connectivity index (χ2v) is 4.47. The molecule has 0 bridgehead atoms. The van der Waals surface area contributed by atoms with Crippen molar-refractivity contribution in [2.24, 2.45) is 0 Å². The number of amides is 2. The van der Waals surface area contributed by atoms with Crippen molar-refractivity contribution in [3.8, 4) is 0 Å². The van der Waals surface area contributed by atoms with Crippen molar-refractivity contribution in [2.45, 2.75) is 45.1 Å². The first-order valence-corrected chi connectivity index (χ1v) is 6.48. The normalized spacial score (nSPS) is 20.9. The third-order valence-corrected chi connectivity index (χ3v) is 3.14. The van der Waals surface area contributed by atoms with Crippen LogP contribution in [0, 0.1) is 0 Å². The summed E-state index contributed by atoms with van der Waals surface area (Å²) in [6.07, 6.45) is 5.62. The number of rotatable bonds is 5. The molecule has 1 saturated heterocycles. The molecular weight excluding hydrogens is 202 g/mol. The SMILES string of the molecule is CCCNC(=O)N1CCCCC1CCNC. The number of nitrogens with zero attached hydrogens (tertiary/aromatic N) is 1. The minimum atomic E-state index is 0.127. The Kier molecular flexibility index (Phi) is 6.23. The van der Waals surface area contributed by atoms with E-state index >= 15 is 0 Å². The number of carbonyl (C=O) groups is 1. The van der Waals surface area contributed by atoms with Crippen molar-refractivity contribution in [1.29, 1.82) is 0 Å². The zero-order chi connectivity index (χ0) is 11.8. The highest BCUT2D eigenvalue weighted by Gasteiger charge is 2.25. The lowest BCUT2D eigenvalue weighted by Gasteiger charge is -2.35. The lowest BCUT2D eigenvalue weighted by Crippen LogP contribution is -2.49. The van der Waals surface area contributed by atoms with Gasteiger partial charge < -0.3 is 15.5 Å². The third-order valence-electron chi connectivity index (χ3n) is 3.14. The first-order valence-electron chi connectivity index (χ1n) is 6.48. The van der Waals surface area contributed by atoms with Crippen molar-refractivity contribution < 1.29 is 4.79 Å². The van der Waals surface area contributed by atoms with Gasteiger partial charge in [-0.3, -0.25) is 0 Å². The van der Waals surface area contributed by atoms with Crippen molar-refractivity contribution in [2.75, 3.05) is 26.7 Å². The van der Waals surface area contributed by atoms with Crippen LogP contribution in [0.2, 0.25) is 0 Å². The summed E-state index contributed by atoms with van der Waals surface area (Å²) in [7, 11) is 1.96. The number of hydrogen-bond donors (Lipinski definition) is 2. The Labute approximate surface area is 98.8 Å². The number of piperidine rings is 1. The Hall–Kier alpha value is -0.770. The molecular formula is C12H25N3O. The van der Waals surface area contributed by atoms with E-state index in [0.717, 1.165) is 45.3 Å². The average Bonchev–Trinajstić information content (AvgIpc) is 2.33. The van der Waals surface area contributed by atoms with Crippen LogP contribution in [-0.2, 0) is 0 Å². The Morgan fingerprint density at radius 3 is 2.88 bits per heavy atom. The standard InChI is InChI=1S/C12H25N3O/c1-3-8-14-12(16)15-10-5-4-6-11(15)7-9-13-2/h11,13H,3-10H2,1-2H3,(H,14,16). The maximum atomic E-state index is 11.9. The molecule has 4 nitrogen and oxygen atoms in total. The first-order chi connectivity index (χ1) is 7.79. The molecule has 1 aliphatic heterocycles. The molecule has 0 aromatic heterocycles. The molecule has 4 heteroatoms. The molecule has 1 aliphatic rings. The smallest absolute Gasteiger partial charge is 0.317 e. The summed E-state index contributed by atoms with van der Waals surface area (Å²) in [5.74, 6) is 0. The van der Waals surface area contributed by atoms with Crippen molar-refractivity contribution in [3.05, 3.63) is 0 Å². The Morgan fingerprint density at radius 2 is 2.19 bits per heavy atom. The average molecular weight is 227 g/mol. The molecule has 1 atom stereocenters. The van der Waals surface area contributed by atoms with Crippen LogP contribution in [0.25, 0.3) is 0 Å². The molecule has 1 heterocycles. The highest BCUT2D eigenvalue weighted by atomic mass is 16.2. The molecule has 0 aromatic carbocycles. The molecule has 2 amide bonds. The van der Waals surface area contributed by atoms with Crippen LogP contribution in [0.3, 0.4) is 0 Å². The zero-order valence-corrected chi connectivity index (χ0v) is 10.6. The molecule has 16 heavy (non-hydrogen) atoms. The minimum Gasteiger partial charge on any atom is -0.338 e. The number of nitrogens with one attached hydrogen (secondary N) is 2. The van der Waals surface area contributed by atoms with Gasteiger partial charge in [-0.1, -0.05) is 6.92 Å². The zero-order valence-electron chi connectivity index (χ0n) is 10.6.